The normalized spacial score (nSPS) is 57.3. The van der Waals surface area contributed by atoms with Gasteiger partial charge in [0.15, 0.2) is 0 Å². The third-order valence-electron chi connectivity index (χ3n) is 11.5. The van der Waals surface area contributed by atoms with Gasteiger partial charge in [-0.1, -0.05) is 33.6 Å². The van der Waals surface area contributed by atoms with Crippen LogP contribution >= 0.6 is 0 Å². The van der Waals surface area contributed by atoms with E-state index in [9.17, 15) is 5.11 Å². The fourth-order valence-corrected chi connectivity index (χ4v) is 10.4. The van der Waals surface area contributed by atoms with E-state index < -0.39 is 0 Å². The second-order valence-electron chi connectivity index (χ2n) is 12.2. The summed E-state index contributed by atoms with van der Waals surface area (Å²) in [5.74, 6) is 4.84. The minimum Gasteiger partial charge on any atom is -0.393 e. The second-order valence-corrected chi connectivity index (χ2v) is 12.2. The molecule has 0 aromatic carbocycles. The van der Waals surface area contributed by atoms with Crippen LogP contribution in [0, 0.1) is 45.8 Å². The van der Waals surface area contributed by atoms with Gasteiger partial charge in [-0.25, -0.2) is 0 Å². The summed E-state index contributed by atoms with van der Waals surface area (Å²) in [4.78, 5) is 0. The second kappa shape index (κ2) is 6.48. The van der Waals surface area contributed by atoms with Crippen molar-refractivity contribution in [3.8, 4) is 0 Å². The quantitative estimate of drug-likeness (QED) is 0.554. The summed E-state index contributed by atoms with van der Waals surface area (Å²) in [6.45, 7) is 7.81. The average Bonchev–Trinajstić information content (AvgIpc) is 3.07. The summed E-state index contributed by atoms with van der Waals surface area (Å²) >= 11 is 0. The minimum atomic E-state index is -0.00778. The highest BCUT2D eigenvalue weighted by atomic mass is 16.3. The van der Waals surface area contributed by atoms with Gasteiger partial charge >= 0.3 is 0 Å². The highest BCUT2D eigenvalue weighted by Gasteiger charge is 2.63. The Morgan fingerprint density at radius 2 is 1.63 bits per heavy atom. The van der Waals surface area contributed by atoms with E-state index in [0.717, 1.165) is 47.8 Å². The van der Waals surface area contributed by atoms with Crippen LogP contribution in [0.25, 0.3) is 0 Å². The van der Waals surface area contributed by atoms with Crippen LogP contribution in [0.4, 0.5) is 0 Å². The minimum absolute atomic E-state index is 0.00778. The van der Waals surface area contributed by atoms with E-state index in [2.05, 4.69) is 20.8 Å². The molecule has 9 unspecified atom stereocenters. The maximum absolute atomic E-state index is 10.3. The fourth-order valence-electron chi connectivity index (χ4n) is 10.4. The third kappa shape index (κ3) is 2.58. The Labute approximate surface area is 168 Å². The standard InChI is InChI=1S/C26H44O/c1-4-12-26-13-5-6-22(26)20-7-8-23-24(2)15-10-19(27)17-18(24)9-14-25(23,3)21(20)11-16-26/h18-23,27H,4-17H2,1-3H3. The number of aliphatic hydroxyl groups excluding tert-OH is 1. The van der Waals surface area contributed by atoms with Gasteiger partial charge < -0.3 is 5.11 Å². The molecule has 5 saturated carbocycles. The maximum Gasteiger partial charge on any atom is 0.0543 e. The van der Waals surface area contributed by atoms with Gasteiger partial charge in [0, 0.05) is 0 Å². The molecular formula is C26H44O. The van der Waals surface area contributed by atoms with Gasteiger partial charge in [-0.15, -0.1) is 0 Å². The number of aliphatic hydroxyl groups is 1. The molecule has 1 nitrogen and oxygen atoms in total. The summed E-state index contributed by atoms with van der Waals surface area (Å²) in [6, 6.07) is 0. The van der Waals surface area contributed by atoms with Crippen molar-refractivity contribution < 1.29 is 5.11 Å². The van der Waals surface area contributed by atoms with Crippen molar-refractivity contribution in [3.05, 3.63) is 0 Å². The fraction of sp³-hybridized carbons (Fsp3) is 1.00. The molecule has 0 aromatic rings. The summed E-state index contributed by atoms with van der Waals surface area (Å²) in [5.41, 5.74) is 1.86. The van der Waals surface area contributed by atoms with Crippen LogP contribution in [0.1, 0.15) is 111 Å². The molecule has 5 aliphatic carbocycles. The highest BCUT2D eigenvalue weighted by molar-refractivity contribution is 5.12. The van der Waals surface area contributed by atoms with Crippen LogP contribution in [-0.4, -0.2) is 11.2 Å². The van der Waals surface area contributed by atoms with Crippen molar-refractivity contribution in [2.24, 2.45) is 45.8 Å². The molecule has 0 aromatic heterocycles. The zero-order valence-electron chi connectivity index (χ0n) is 18.3. The van der Waals surface area contributed by atoms with E-state index in [4.69, 9.17) is 0 Å². The lowest BCUT2D eigenvalue weighted by molar-refractivity contribution is -0.182. The third-order valence-corrected chi connectivity index (χ3v) is 11.5. The van der Waals surface area contributed by atoms with E-state index in [1.807, 2.05) is 0 Å². The molecule has 5 aliphatic rings. The van der Waals surface area contributed by atoms with E-state index in [1.54, 1.807) is 19.3 Å². The topological polar surface area (TPSA) is 20.2 Å². The Morgan fingerprint density at radius 3 is 2.44 bits per heavy atom. The Balaban J connectivity index is 1.44. The van der Waals surface area contributed by atoms with Gasteiger partial charge in [-0.2, -0.15) is 0 Å². The first-order valence-corrected chi connectivity index (χ1v) is 12.6. The van der Waals surface area contributed by atoms with Crippen molar-refractivity contribution in [3.63, 3.8) is 0 Å². The van der Waals surface area contributed by atoms with Gasteiger partial charge in [0.1, 0.15) is 0 Å². The Bertz CT molecular complexity index is 571. The number of hydrogen-bond donors (Lipinski definition) is 1. The van der Waals surface area contributed by atoms with E-state index in [-0.39, 0.29) is 6.10 Å². The van der Waals surface area contributed by atoms with E-state index >= 15 is 0 Å². The first kappa shape index (κ1) is 19.0. The molecule has 0 aliphatic heterocycles. The average molecular weight is 373 g/mol. The van der Waals surface area contributed by atoms with E-state index in [1.165, 1.54) is 57.8 Å². The summed E-state index contributed by atoms with van der Waals surface area (Å²) in [5, 5.41) is 10.3. The number of fused-ring (bicyclic) bond motifs is 7. The van der Waals surface area contributed by atoms with Crippen LogP contribution in [-0.2, 0) is 0 Å². The SMILES string of the molecule is CCCC12CCCC1C1CCC3C4(C)CCC(O)CC4CCC3(C)C1CC2. The molecule has 0 spiro atoms. The Morgan fingerprint density at radius 1 is 0.815 bits per heavy atom. The molecule has 9 atom stereocenters. The molecule has 1 N–H and O–H groups in total. The van der Waals surface area contributed by atoms with E-state index in [0.29, 0.717) is 10.8 Å². The Kier molecular flexibility index (Phi) is 4.55. The van der Waals surface area contributed by atoms with Crippen LogP contribution in [0.2, 0.25) is 0 Å². The molecular weight excluding hydrogens is 328 g/mol. The van der Waals surface area contributed by atoms with Crippen molar-refractivity contribution in [2.75, 3.05) is 0 Å². The largest absolute Gasteiger partial charge is 0.393 e. The zero-order valence-corrected chi connectivity index (χ0v) is 18.3. The van der Waals surface area contributed by atoms with Crippen molar-refractivity contribution in [2.45, 2.75) is 117 Å². The van der Waals surface area contributed by atoms with Crippen molar-refractivity contribution >= 4 is 0 Å². The van der Waals surface area contributed by atoms with Gasteiger partial charge in [0.25, 0.3) is 0 Å². The highest BCUT2D eigenvalue weighted by Crippen LogP contribution is 2.71. The number of hydrogen-bond acceptors (Lipinski definition) is 1. The predicted octanol–water partition coefficient (Wildman–Crippen LogP) is 6.98. The lowest BCUT2D eigenvalue weighted by Crippen LogP contribution is -2.59. The van der Waals surface area contributed by atoms with Gasteiger partial charge in [-0.3, -0.25) is 0 Å². The lowest BCUT2D eigenvalue weighted by Gasteiger charge is -2.67. The monoisotopic (exact) mass is 372 g/mol. The molecule has 5 fully saturated rings. The smallest absolute Gasteiger partial charge is 0.0543 e. The van der Waals surface area contributed by atoms with Crippen LogP contribution in [0.3, 0.4) is 0 Å². The molecule has 0 saturated heterocycles. The molecule has 0 radical (unpaired) electrons. The van der Waals surface area contributed by atoms with Gasteiger partial charge in [-0.05, 0) is 123 Å². The zero-order chi connectivity index (χ0) is 18.9. The van der Waals surface area contributed by atoms with Gasteiger partial charge in [0.05, 0.1) is 6.10 Å². The summed E-state index contributed by atoms with van der Waals surface area (Å²) < 4.78 is 0. The Hall–Kier alpha value is -0.0400. The van der Waals surface area contributed by atoms with Crippen molar-refractivity contribution in [1.82, 2.24) is 0 Å². The maximum atomic E-state index is 10.3. The van der Waals surface area contributed by atoms with Gasteiger partial charge in [0.2, 0.25) is 0 Å². The molecule has 0 amide bonds. The molecule has 154 valence electrons. The predicted molar refractivity (Wildman–Crippen MR) is 112 cm³/mol. The first-order chi connectivity index (χ1) is 12.9. The summed E-state index contributed by atoms with van der Waals surface area (Å²) in [6.07, 6.45) is 20.0. The van der Waals surface area contributed by atoms with Crippen LogP contribution < -0.4 is 0 Å². The summed E-state index contributed by atoms with van der Waals surface area (Å²) in [7, 11) is 0. The molecule has 1 heteroatoms. The van der Waals surface area contributed by atoms with Crippen LogP contribution in [0.15, 0.2) is 0 Å². The number of rotatable bonds is 2. The molecule has 5 rings (SSSR count). The molecule has 27 heavy (non-hydrogen) atoms. The lowest BCUT2D eigenvalue weighted by atomic mass is 9.38. The first-order valence-electron chi connectivity index (χ1n) is 12.6. The molecule has 0 bridgehead atoms. The molecule has 0 heterocycles. The van der Waals surface area contributed by atoms with Crippen LogP contribution in [0.5, 0.6) is 0 Å². The van der Waals surface area contributed by atoms with Crippen molar-refractivity contribution in [1.29, 1.82) is 0 Å².